The zero-order chi connectivity index (χ0) is 16.5. The molecule has 0 unspecified atom stereocenters. The van der Waals surface area contributed by atoms with Crippen molar-refractivity contribution in [3.8, 4) is 5.75 Å². The summed E-state index contributed by atoms with van der Waals surface area (Å²) < 4.78 is 6.02. The maximum absolute atomic E-state index is 6.02. The van der Waals surface area contributed by atoms with Crippen LogP contribution in [0.1, 0.15) is 30.9 Å². The maximum atomic E-state index is 6.02. The lowest BCUT2D eigenvalue weighted by atomic mass is 10.1. The van der Waals surface area contributed by atoms with E-state index in [9.17, 15) is 0 Å². The summed E-state index contributed by atoms with van der Waals surface area (Å²) in [7, 11) is 0. The number of hydrogen-bond acceptors (Lipinski definition) is 3. The van der Waals surface area contributed by atoms with Crippen molar-refractivity contribution in [3.63, 3.8) is 0 Å². The van der Waals surface area contributed by atoms with Crippen molar-refractivity contribution in [2.45, 2.75) is 33.2 Å². The summed E-state index contributed by atoms with van der Waals surface area (Å²) in [6.45, 7) is 7.45. The Labute approximate surface area is 167 Å². The Morgan fingerprint density at radius 1 is 1.33 bits per heavy atom. The molecule has 1 aromatic rings. The van der Waals surface area contributed by atoms with Crippen molar-refractivity contribution in [1.82, 2.24) is 10.6 Å². The maximum Gasteiger partial charge on any atom is 0.191 e. The standard InChI is InChI=1S/C18H29N3OS.HI/c1-4-19-18(20-9-10-23-3)21-12-16-8-5-14(2)11-17(16)22-13-15-6-7-15;/h5,8,11,15H,4,6-7,9-10,12-13H2,1-3H3,(H2,19,20,21);1H. The summed E-state index contributed by atoms with van der Waals surface area (Å²) in [6, 6.07) is 6.39. The van der Waals surface area contributed by atoms with Gasteiger partial charge in [0.05, 0.1) is 13.2 Å². The highest BCUT2D eigenvalue weighted by molar-refractivity contribution is 14.0. The first-order valence-electron chi connectivity index (χ1n) is 8.46. The number of guanidine groups is 1. The van der Waals surface area contributed by atoms with E-state index in [0.717, 1.165) is 48.6 Å². The average Bonchev–Trinajstić information content (AvgIpc) is 3.36. The Balaban J connectivity index is 0.00000288. The van der Waals surface area contributed by atoms with Crippen LogP contribution in [0, 0.1) is 12.8 Å². The van der Waals surface area contributed by atoms with Crippen molar-refractivity contribution >= 4 is 41.7 Å². The Morgan fingerprint density at radius 3 is 2.79 bits per heavy atom. The topological polar surface area (TPSA) is 45.7 Å². The minimum absolute atomic E-state index is 0. The molecule has 1 aromatic carbocycles. The highest BCUT2D eigenvalue weighted by atomic mass is 127. The van der Waals surface area contributed by atoms with Crippen LogP contribution in [0.2, 0.25) is 0 Å². The monoisotopic (exact) mass is 463 g/mol. The quantitative estimate of drug-likeness (QED) is 0.253. The van der Waals surface area contributed by atoms with Crippen LogP contribution in [0.25, 0.3) is 0 Å². The molecule has 0 saturated heterocycles. The molecule has 2 rings (SSSR count). The number of aliphatic imine (C=N–C) groups is 1. The normalized spacial score (nSPS) is 14.0. The molecule has 2 N–H and O–H groups in total. The Hall–Kier alpha value is -0.630. The second-order valence-electron chi connectivity index (χ2n) is 5.98. The predicted octanol–water partition coefficient (Wildman–Crippen LogP) is 3.82. The second kappa shape index (κ2) is 11.8. The summed E-state index contributed by atoms with van der Waals surface area (Å²) in [4.78, 5) is 4.69. The fraction of sp³-hybridized carbons (Fsp3) is 0.611. The molecule has 1 saturated carbocycles. The lowest BCUT2D eigenvalue weighted by molar-refractivity contribution is 0.296. The number of halogens is 1. The van der Waals surface area contributed by atoms with Crippen molar-refractivity contribution in [3.05, 3.63) is 29.3 Å². The third-order valence-electron chi connectivity index (χ3n) is 3.74. The largest absolute Gasteiger partial charge is 0.493 e. The second-order valence-corrected chi connectivity index (χ2v) is 6.97. The van der Waals surface area contributed by atoms with Gasteiger partial charge < -0.3 is 15.4 Å². The van der Waals surface area contributed by atoms with Crippen LogP contribution < -0.4 is 15.4 Å². The highest BCUT2D eigenvalue weighted by Crippen LogP contribution is 2.30. The van der Waals surface area contributed by atoms with Gasteiger partial charge in [0, 0.05) is 24.4 Å². The molecule has 1 aliphatic rings. The van der Waals surface area contributed by atoms with Gasteiger partial charge in [-0.3, -0.25) is 0 Å². The summed E-state index contributed by atoms with van der Waals surface area (Å²) in [6.07, 6.45) is 4.73. The van der Waals surface area contributed by atoms with E-state index in [1.165, 1.54) is 18.4 Å². The lowest BCUT2D eigenvalue weighted by Gasteiger charge is -2.13. The van der Waals surface area contributed by atoms with Gasteiger partial charge in [-0.25, -0.2) is 4.99 Å². The number of thioether (sulfide) groups is 1. The average molecular weight is 463 g/mol. The molecule has 1 fully saturated rings. The number of nitrogens with zero attached hydrogens (tertiary/aromatic N) is 1. The number of benzene rings is 1. The van der Waals surface area contributed by atoms with Gasteiger partial charge in [0.25, 0.3) is 0 Å². The molecule has 0 aromatic heterocycles. The molecule has 0 spiro atoms. The van der Waals surface area contributed by atoms with Crippen molar-refractivity contribution in [2.24, 2.45) is 10.9 Å². The third-order valence-corrected chi connectivity index (χ3v) is 4.36. The predicted molar refractivity (Wildman–Crippen MR) is 116 cm³/mol. The molecule has 136 valence electrons. The van der Waals surface area contributed by atoms with Crippen LogP contribution in [0.4, 0.5) is 0 Å². The van der Waals surface area contributed by atoms with Crippen LogP contribution in [-0.2, 0) is 6.54 Å². The van der Waals surface area contributed by atoms with E-state index in [1.54, 1.807) is 0 Å². The number of rotatable bonds is 9. The van der Waals surface area contributed by atoms with E-state index >= 15 is 0 Å². The zero-order valence-corrected chi connectivity index (χ0v) is 18.1. The van der Waals surface area contributed by atoms with Crippen LogP contribution in [0.3, 0.4) is 0 Å². The Bertz CT molecular complexity index is 521. The summed E-state index contributed by atoms with van der Waals surface area (Å²) >= 11 is 1.83. The van der Waals surface area contributed by atoms with E-state index in [4.69, 9.17) is 9.73 Å². The van der Waals surface area contributed by atoms with Crippen LogP contribution >= 0.6 is 35.7 Å². The molecule has 0 atom stereocenters. The molecule has 4 nitrogen and oxygen atoms in total. The Kier molecular flexibility index (Phi) is 10.6. The number of hydrogen-bond donors (Lipinski definition) is 2. The van der Waals surface area contributed by atoms with Crippen molar-refractivity contribution in [2.75, 3.05) is 31.7 Å². The van der Waals surface area contributed by atoms with Gasteiger partial charge in [-0.05, 0) is 50.5 Å². The molecule has 24 heavy (non-hydrogen) atoms. The van der Waals surface area contributed by atoms with Gasteiger partial charge in [-0.15, -0.1) is 24.0 Å². The van der Waals surface area contributed by atoms with Gasteiger partial charge in [0.1, 0.15) is 5.75 Å². The van der Waals surface area contributed by atoms with Gasteiger partial charge in [-0.2, -0.15) is 11.8 Å². The van der Waals surface area contributed by atoms with Gasteiger partial charge in [0.2, 0.25) is 0 Å². The molecular weight excluding hydrogens is 433 g/mol. The first-order valence-corrected chi connectivity index (χ1v) is 9.85. The van der Waals surface area contributed by atoms with Crippen molar-refractivity contribution < 1.29 is 4.74 Å². The third kappa shape index (κ3) is 7.96. The van der Waals surface area contributed by atoms with Gasteiger partial charge >= 0.3 is 0 Å². The van der Waals surface area contributed by atoms with E-state index in [0.29, 0.717) is 6.54 Å². The van der Waals surface area contributed by atoms with E-state index in [-0.39, 0.29) is 24.0 Å². The molecule has 1 aliphatic carbocycles. The molecule has 6 heteroatoms. The SMILES string of the molecule is CCNC(=NCc1ccc(C)cc1OCC1CC1)NCCSC.I. The molecule has 0 heterocycles. The molecular formula is C18H30IN3OS. The molecule has 0 aliphatic heterocycles. The first kappa shape index (κ1) is 21.4. The summed E-state index contributed by atoms with van der Waals surface area (Å²) in [5.74, 6) is 3.69. The number of ether oxygens (including phenoxy) is 1. The zero-order valence-electron chi connectivity index (χ0n) is 14.9. The fourth-order valence-corrected chi connectivity index (χ4v) is 2.50. The summed E-state index contributed by atoms with van der Waals surface area (Å²) in [5.41, 5.74) is 2.38. The lowest BCUT2D eigenvalue weighted by Crippen LogP contribution is -2.38. The number of aryl methyl sites for hydroxylation is 1. The van der Waals surface area contributed by atoms with Crippen LogP contribution in [-0.4, -0.2) is 37.7 Å². The first-order chi connectivity index (χ1) is 11.2. The van der Waals surface area contributed by atoms with Gasteiger partial charge in [-0.1, -0.05) is 12.1 Å². The summed E-state index contributed by atoms with van der Waals surface area (Å²) in [5, 5.41) is 6.65. The van der Waals surface area contributed by atoms with Crippen LogP contribution in [0.15, 0.2) is 23.2 Å². The van der Waals surface area contributed by atoms with E-state index in [2.05, 4.69) is 48.9 Å². The van der Waals surface area contributed by atoms with E-state index in [1.807, 2.05) is 11.8 Å². The fourth-order valence-electron chi connectivity index (χ4n) is 2.20. The number of nitrogens with one attached hydrogen (secondary N) is 2. The van der Waals surface area contributed by atoms with Crippen molar-refractivity contribution in [1.29, 1.82) is 0 Å². The highest BCUT2D eigenvalue weighted by Gasteiger charge is 2.22. The van der Waals surface area contributed by atoms with Crippen LogP contribution in [0.5, 0.6) is 5.75 Å². The van der Waals surface area contributed by atoms with Gasteiger partial charge in [0.15, 0.2) is 5.96 Å². The smallest absolute Gasteiger partial charge is 0.191 e. The molecule has 0 amide bonds. The molecule has 0 radical (unpaired) electrons. The minimum Gasteiger partial charge on any atom is -0.493 e. The minimum atomic E-state index is 0. The molecule has 0 bridgehead atoms. The Morgan fingerprint density at radius 2 is 2.12 bits per heavy atom. The van der Waals surface area contributed by atoms with E-state index < -0.39 is 0 Å².